The Bertz CT molecular complexity index is 461. The normalized spacial score (nSPS) is 10.9. The molecule has 0 spiro atoms. The Morgan fingerprint density at radius 2 is 1.45 bits per heavy atom. The average molecular weight is 330 g/mol. The third kappa shape index (κ3) is 15.4. The zero-order valence-electron chi connectivity index (χ0n) is 14.3. The fourth-order valence-corrected chi connectivity index (χ4v) is 2.17. The molecule has 4 nitrogen and oxygen atoms in total. The Labute approximate surface area is 136 Å². The molecule has 0 unspecified atom stereocenters. The minimum atomic E-state index is -3.92. The highest BCUT2D eigenvalue weighted by atomic mass is 32.2. The van der Waals surface area contributed by atoms with Gasteiger partial charge in [-0.1, -0.05) is 46.0 Å². The topological polar surface area (TPSA) is 61.1 Å². The van der Waals surface area contributed by atoms with E-state index in [1.165, 1.54) is 63.5 Å². The number of hydrogen-bond donors (Lipinski definition) is 0. The van der Waals surface area contributed by atoms with Gasteiger partial charge in [0.2, 0.25) is 0 Å². The molecule has 0 radical (unpaired) electrons. The van der Waals surface area contributed by atoms with Crippen molar-refractivity contribution in [1.29, 1.82) is 0 Å². The van der Waals surface area contributed by atoms with E-state index in [0.717, 1.165) is 0 Å². The van der Waals surface area contributed by atoms with Crippen LogP contribution in [0, 0.1) is 0 Å². The van der Waals surface area contributed by atoms with Crippen molar-refractivity contribution in [2.24, 2.45) is 0 Å². The lowest BCUT2D eigenvalue weighted by Gasteiger charge is -2.00. The summed E-state index contributed by atoms with van der Waals surface area (Å²) in [5.74, 6) is 0. The Kier molecular flexibility index (Phi) is 12.1. The van der Waals surface area contributed by atoms with Crippen LogP contribution in [0.1, 0.15) is 64.4 Å². The molecule has 1 aromatic heterocycles. The van der Waals surface area contributed by atoms with E-state index in [0.29, 0.717) is 6.26 Å². The molecular formula is C17H31NO3S. The highest BCUT2D eigenvalue weighted by Gasteiger charge is 2.00. The molecule has 0 aliphatic heterocycles. The largest absolute Gasteiger partial charge is 0.748 e. The van der Waals surface area contributed by atoms with Gasteiger partial charge in [-0.15, -0.1) is 0 Å². The van der Waals surface area contributed by atoms with Gasteiger partial charge in [0.25, 0.3) is 0 Å². The van der Waals surface area contributed by atoms with E-state index in [1.807, 2.05) is 0 Å². The number of pyridine rings is 1. The molecule has 0 saturated heterocycles. The zero-order chi connectivity index (χ0) is 16.8. The first-order valence-electron chi connectivity index (χ1n) is 8.25. The van der Waals surface area contributed by atoms with Gasteiger partial charge in [0, 0.05) is 24.8 Å². The van der Waals surface area contributed by atoms with Gasteiger partial charge in [0.1, 0.15) is 6.54 Å². The van der Waals surface area contributed by atoms with E-state index in [9.17, 15) is 0 Å². The molecule has 0 atom stereocenters. The third-order valence-corrected chi connectivity index (χ3v) is 3.27. The second kappa shape index (κ2) is 12.6. The van der Waals surface area contributed by atoms with Gasteiger partial charge < -0.3 is 4.55 Å². The second-order valence-corrected chi connectivity index (χ2v) is 7.07. The van der Waals surface area contributed by atoms with Crippen LogP contribution in [0.4, 0.5) is 0 Å². The molecule has 1 aromatic rings. The minimum Gasteiger partial charge on any atom is -0.748 e. The van der Waals surface area contributed by atoms with Crippen LogP contribution < -0.4 is 4.57 Å². The predicted octanol–water partition coefficient (Wildman–Crippen LogP) is 3.45. The molecule has 0 saturated carbocycles. The predicted molar refractivity (Wildman–Crippen MR) is 89.6 cm³/mol. The fraction of sp³-hybridized carbons (Fsp3) is 0.706. The SMILES string of the molecule is CCCCCCCC[n+]1ccc(CCC)cc1.CS(=O)(=O)[O-]. The van der Waals surface area contributed by atoms with E-state index in [4.69, 9.17) is 13.0 Å². The molecule has 1 heterocycles. The summed E-state index contributed by atoms with van der Waals surface area (Å²) in [5.41, 5.74) is 1.46. The molecule has 0 amide bonds. The number of unbranched alkanes of at least 4 members (excludes halogenated alkanes) is 5. The number of nitrogens with zero attached hydrogens (tertiary/aromatic N) is 1. The highest BCUT2D eigenvalue weighted by Crippen LogP contribution is 2.05. The lowest BCUT2D eigenvalue weighted by molar-refractivity contribution is -0.697. The monoisotopic (exact) mass is 329 g/mol. The molecule has 0 N–H and O–H groups in total. The maximum Gasteiger partial charge on any atom is 0.169 e. The van der Waals surface area contributed by atoms with Crippen molar-refractivity contribution in [3.63, 3.8) is 0 Å². The quantitative estimate of drug-likeness (QED) is 0.396. The molecule has 0 fully saturated rings. The Hall–Kier alpha value is -0.940. The van der Waals surface area contributed by atoms with E-state index in [-0.39, 0.29) is 0 Å². The summed E-state index contributed by atoms with van der Waals surface area (Å²) < 4.78 is 29.5. The molecule has 0 bridgehead atoms. The van der Waals surface area contributed by atoms with Gasteiger partial charge in [0.15, 0.2) is 12.4 Å². The van der Waals surface area contributed by atoms with Crippen molar-refractivity contribution in [3.05, 3.63) is 30.1 Å². The van der Waals surface area contributed by atoms with E-state index < -0.39 is 10.1 Å². The fourth-order valence-electron chi connectivity index (χ4n) is 2.17. The summed E-state index contributed by atoms with van der Waals surface area (Å²) in [6.45, 7) is 5.68. The smallest absolute Gasteiger partial charge is 0.169 e. The van der Waals surface area contributed by atoms with E-state index >= 15 is 0 Å². The van der Waals surface area contributed by atoms with Crippen LogP contribution in [0.15, 0.2) is 24.5 Å². The zero-order valence-corrected chi connectivity index (χ0v) is 15.1. The van der Waals surface area contributed by atoms with Crippen molar-refractivity contribution in [2.45, 2.75) is 71.8 Å². The number of hydrogen-bond acceptors (Lipinski definition) is 3. The van der Waals surface area contributed by atoms with E-state index in [2.05, 4.69) is 42.9 Å². The van der Waals surface area contributed by atoms with Crippen LogP contribution >= 0.6 is 0 Å². The minimum absolute atomic E-state index is 0.604. The molecule has 22 heavy (non-hydrogen) atoms. The summed E-state index contributed by atoms with van der Waals surface area (Å²) in [5, 5.41) is 0. The van der Waals surface area contributed by atoms with Gasteiger partial charge >= 0.3 is 0 Å². The van der Waals surface area contributed by atoms with Crippen LogP contribution in [0.2, 0.25) is 0 Å². The molecule has 0 aliphatic carbocycles. The Morgan fingerprint density at radius 1 is 0.955 bits per heavy atom. The Morgan fingerprint density at radius 3 is 1.95 bits per heavy atom. The number of rotatable bonds is 9. The molecule has 1 rings (SSSR count). The first-order chi connectivity index (χ1) is 10.4. The standard InChI is InChI=1S/C16H28N.CH4O3S/c1-3-5-6-7-8-9-13-17-14-11-16(10-4-2)12-15-17;1-5(2,3)4/h11-12,14-15H,3-10,13H2,1-2H3;1H3,(H,2,3,4)/q+1;/p-1. The van der Waals surface area contributed by atoms with Gasteiger partial charge in [-0.2, -0.15) is 0 Å². The van der Waals surface area contributed by atoms with Crippen LogP contribution in [0.25, 0.3) is 0 Å². The van der Waals surface area contributed by atoms with Crippen molar-refractivity contribution < 1.29 is 17.5 Å². The van der Waals surface area contributed by atoms with Gasteiger partial charge in [-0.05, 0) is 18.4 Å². The van der Waals surface area contributed by atoms with Crippen molar-refractivity contribution in [1.82, 2.24) is 0 Å². The highest BCUT2D eigenvalue weighted by molar-refractivity contribution is 7.84. The van der Waals surface area contributed by atoms with Crippen molar-refractivity contribution in [3.8, 4) is 0 Å². The van der Waals surface area contributed by atoms with Crippen LogP contribution in [0.5, 0.6) is 0 Å². The first-order valence-corrected chi connectivity index (χ1v) is 10.1. The number of aryl methyl sites for hydroxylation is 2. The van der Waals surface area contributed by atoms with Gasteiger partial charge in [-0.3, -0.25) is 0 Å². The molecule has 0 aliphatic rings. The second-order valence-electron chi connectivity index (χ2n) is 5.67. The van der Waals surface area contributed by atoms with Gasteiger partial charge in [0.05, 0.1) is 10.1 Å². The molecular weight excluding hydrogens is 298 g/mol. The lowest BCUT2D eigenvalue weighted by Crippen LogP contribution is -2.32. The maximum absolute atomic E-state index is 9.08. The van der Waals surface area contributed by atoms with Crippen molar-refractivity contribution >= 4 is 10.1 Å². The Balaban J connectivity index is 0.000000763. The lowest BCUT2D eigenvalue weighted by atomic mass is 10.1. The first kappa shape index (κ1) is 21.1. The summed E-state index contributed by atoms with van der Waals surface area (Å²) in [6.07, 6.45) is 15.8. The van der Waals surface area contributed by atoms with Crippen LogP contribution in [-0.2, 0) is 23.1 Å². The summed E-state index contributed by atoms with van der Waals surface area (Å²) in [6, 6.07) is 4.53. The van der Waals surface area contributed by atoms with E-state index in [1.54, 1.807) is 0 Å². The van der Waals surface area contributed by atoms with Crippen molar-refractivity contribution in [2.75, 3.05) is 6.26 Å². The third-order valence-electron chi connectivity index (χ3n) is 3.27. The summed E-state index contributed by atoms with van der Waals surface area (Å²) in [7, 11) is -3.92. The molecule has 128 valence electrons. The molecule has 5 heteroatoms. The number of aromatic nitrogens is 1. The van der Waals surface area contributed by atoms with Crippen LogP contribution in [-0.4, -0.2) is 19.2 Å². The molecule has 0 aromatic carbocycles. The average Bonchev–Trinajstić information content (AvgIpc) is 2.43. The van der Waals surface area contributed by atoms with Gasteiger partial charge in [-0.25, -0.2) is 13.0 Å². The van der Waals surface area contributed by atoms with Crippen LogP contribution in [0.3, 0.4) is 0 Å². The maximum atomic E-state index is 9.08. The summed E-state index contributed by atoms with van der Waals surface area (Å²) >= 11 is 0. The summed E-state index contributed by atoms with van der Waals surface area (Å²) in [4.78, 5) is 0.